The van der Waals surface area contributed by atoms with Crippen LogP contribution in [0.2, 0.25) is 0 Å². The first-order chi connectivity index (χ1) is 30.6. The molecule has 346 valence electrons. The van der Waals surface area contributed by atoms with E-state index in [0.717, 1.165) is 66.6 Å². The monoisotopic (exact) mass is 845 g/mol. The van der Waals surface area contributed by atoms with Gasteiger partial charge in [0.15, 0.2) is 0 Å². The van der Waals surface area contributed by atoms with Crippen molar-refractivity contribution in [3.8, 4) is 11.8 Å². The molecule has 3 rings (SSSR count). The summed E-state index contributed by atoms with van der Waals surface area (Å²) in [6, 6.07) is 18.0. The Balaban J connectivity index is 1.49. The number of hydrogen-bond donors (Lipinski definition) is 0. The van der Waals surface area contributed by atoms with E-state index in [2.05, 4.69) is 88.1 Å². The topological polar surface area (TPSA) is 25.3 Å². The zero-order chi connectivity index (χ0) is 44.1. The van der Waals surface area contributed by atoms with Gasteiger partial charge in [0.05, 0.1) is 0 Å². The molecule has 0 aliphatic carbocycles. The van der Waals surface area contributed by atoms with E-state index >= 15 is 0 Å². The summed E-state index contributed by atoms with van der Waals surface area (Å²) in [4.78, 5) is 0. The Morgan fingerprint density at radius 1 is 0.387 bits per heavy atom. The van der Waals surface area contributed by atoms with Gasteiger partial charge >= 0.3 is 0 Å². The standard InChI is InChI=1S/C60H96N2/c1-5-9-13-16-17-18-19-20-21-22-23-24-25-26-27-28-29-30-31-32-33-34-35-36-40-50-58-57(49-37-12-8-4)59(55-47-41-45-53(51-55)43-38-14-10-6-2)62(61)60(58)56-48-42-46-54(52-56)44-39-15-11-7-3/h41-42,45-48,51-52H,5-39,43-44,49H2,1-4H3. The summed E-state index contributed by atoms with van der Waals surface area (Å²) < 4.78 is 1.53. The molecule has 0 radical (unpaired) electrons. The summed E-state index contributed by atoms with van der Waals surface area (Å²) >= 11 is 0. The molecular weight excluding hydrogens is 749 g/mol. The first-order valence-electron chi connectivity index (χ1n) is 27.3. The normalized spacial score (nSPS) is 12.8. The second-order valence-corrected chi connectivity index (χ2v) is 19.2. The summed E-state index contributed by atoms with van der Waals surface area (Å²) in [5.41, 5.74) is 21.3. The van der Waals surface area contributed by atoms with Crippen LogP contribution in [-0.4, -0.2) is 4.70 Å². The van der Waals surface area contributed by atoms with Gasteiger partial charge < -0.3 is 5.53 Å². The predicted octanol–water partition coefficient (Wildman–Crippen LogP) is 20.1. The SMILES string of the molecule is CCCCCCCCCCCCCCCCCCCCCCCCCC#CC1=C(c2cccc(CCCCCC)c2)[N+](=[N-])C(c2cccc(CCCCCC)c2)=C1CCCCC. The highest BCUT2D eigenvalue weighted by Gasteiger charge is 2.35. The molecule has 2 heteroatoms. The smallest absolute Gasteiger partial charge is 0.223 e. The van der Waals surface area contributed by atoms with Gasteiger partial charge in [-0.2, -0.15) is 0 Å². The Hall–Kier alpha value is -2.92. The minimum atomic E-state index is 0.882. The second kappa shape index (κ2) is 36.4. The van der Waals surface area contributed by atoms with Gasteiger partial charge in [-0.25, -0.2) is 4.70 Å². The third kappa shape index (κ3) is 22.6. The lowest BCUT2D eigenvalue weighted by Gasteiger charge is -2.11. The molecule has 0 bridgehead atoms. The van der Waals surface area contributed by atoms with Crippen LogP contribution in [-0.2, 0) is 12.8 Å². The van der Waals surface area contributed by atoms with E-state index in [1.54, 1.807) is 0 Å². The fourth-order valence-electron chi connectivity index (χ4n) is 9.51. The van der Waals surface area contributed by atoms with Crippen LogP contribution in [0, 0.1) is 11.8 Å². The molecule has 0 unspecified atom stereocenters. The minimum Gasteiger partial charge on any atom is -0.493 e. The van der Waals surface area contributed by atoms with Crippen LogP contribution < -0.4 is 0 Å². The Kier molecular flexibility index (Phi) is 31.4. The number of aryl methyl sites for hydroxylation is 2. The Bertz CT molecular complexity index is 1580. The molecule has 0 spiro atoms. The number of nitrogens with zero attached hydrogens (tertiary/aromatic N) is 2. The molecule has 0 fully saturated rings. The number of unbranched alkanes of at least 4 members (excludes halogenated alkanes) is 31. The highest BCUT2D eigenvalue weighted by molar-refractivity contribution is 5.85. The fourth-order valence-corrected chi connectivity index (χ4v) is 9.51. The first kappa shape index (κ1) is 53.4. The Morgan fingerprint density at radius 2 is 0.726 bits per heavy atom. The minimum absolute atomic E-state index is 0.882. The van der Waals surface area contributed by atoms with E-state index < -0.39 is 0 Å². The zero-order valence-corrected chi connectivity index (χ0v) is 41.4. The third-order valence-electron chi connectivity index (χ3n) is 13.4. The lowest BCUT2D eigenvalue weighted by Crippen LogP contribution is -2.03. The highest BCUT2D eigenvalue weighted by atomic mass is 15.2. The lowest BCUT2D eigenvalue weighted by molar-refractivity contribution is -0.345. The summed E-state index contributed by atoms with van der Waals surface area (Å²) in [6.07, 6.45) is 50.1. The van der Waals surface area contributed by atoms with Crippen LogP contribution in [0.3, 0.4) is 0 Å². The summed E-state index contributed by atoms with van der Waals surface area (Å²) in [5.74, 6) is 7.35. The maximum Gasteiger partial charge on any atom is 0.223 e. The summed E-state index contributed by atoms with van der Waals surface area (Å²) in [5, 5.41) is 0. The van der Waals surface area contributed by atoms with E-state index in [0.29, 0.717) is 0 Å². The molecule has 0 saturated carbocycles. The Labute approximate surface area is 385 Å². The van der Waals surface area contributed by atoms with Crippen LogP contribution in [0.1, 0.15) is 281 Å². The molecule has 1 heterocycles. The molecule has 62 heavy (non-hydrogen) atoms. The van der Waals surface area contributed by atoms with E-state index in [1.165, 1.54) is 227 Å². The van der Waals surface area contributed by atoms with Crippen molar-refractivity contribution in [3.05, 3.63) is 87.5 Å². The highest BCUT2D eigenvalue weighted by Crippen LogP contribution is 2.43. The van der Waals surface area contributed by atoms with Crippen molar-refractivity contribution in [1.82, 2.24) is 0 Å². The van der Waals surface area contributed by atoms with Crippen molar-refractivity contribution < 1.29 is 4.70 Å². The number of hydrogen-bond acceptors (Lipinski definition) is 0. The van der Waals surface area contributed by atoms with Gasteiger partial charge in [-0.3, -0.25) is 0 Å². The van der Waals surface area contributed by atoms with Crippen LogP contribution in [0.25, 0.3) is 16.9 Å². The summed E-state index contributed by atoms with van der Waals surface area (Å²) in [6.45, 7) is 9.14. The van der Waals surface area contributed by atoms with Crippen molar-refractivity contribution in [2.75, 3.05) is 0 Å². The zero-order valence-electron chi connectivity index (χ0n) is 41.4. The predicted molar refractivity (Wildman–Crippen MR) is 274 cm³/mol. The second-order valence-electron chi connectivity index (χ2n) is 19.2. The van der Waals surface area contributed by atoms with Gasteiger partial charge in [-0.05, 0) is 80.3 Å². The van der Waals surface area contributed by atoms with Gasteiger partial charge in [-0.15, -0.1) is 0 Å². The largest absolute Gasteiger partial charge is 0.493 e. The van der Waals surface area contributed by atoms with Crippen LogP contribution in [0.4, 0.5) is 0 Å². The molecule has 0 aromatic heterocycles. The van der Waals surface area contributed by atoms with Crippen molar-refractivity contribution >= 4 is 11.4 Å². The molecule has 0 saturated heterocycles. The van der Waals surface area contributed by atoms with E-state index in [-0.39, 0.29) is 0 Å². The lowest BCUT2D eigenvalue weighted by atomic mass is 9.94. The van der Waals surface area contributed by atoms with Crippen molar-refractivity contribution in [2.24, 2.45) is 0 Å². The van der Waals surface area contributed by atoms with Crippen LogP contribution in [0.5, 0.6) is 0 Å². The fraction of sp³-hybridized carbons (Fsp3) is 0.700. The average Bonchev–Trinajstić information content (AvgIpc) is 3.56. The number of benzene rings is 2. The van der Waals surface area contributed by atoms with Gasteiger partial charge in [0.2, 0.25) is 11.4 Å². The van der Waals surface area contributed by atoms with E-state index in [4.69, 9.17) is 0 Å². The average molecular weight is 845 g/mol. The molecule has 2 aromatic rings. The molecular formula is C60H96N2. The van der Waals surface area contributed by atoms with Crippen LogP contribution in [0.15, 0.2) is 59.7 Å². The van der Waals surface area contributed by atoms with E-state index in [9.17, 15) is 5.53 Å². The maximum atomic E-state index is 12.3. The molecule has 0 amide bonds. The van der Waals surface area contributed by atoms with Crippen molar-refractivity contribution in [2.45, 2.75) is 272 Å². The van der Waals surface area contributed by atoms with E-state index in [1.807, 2.05) is 0 Å². The molecule has 1 aliphatic rings. The number of rotatable bonds is 39. The molecule has 2 nitrogen and oxygen atoms in total. The third-order valence-corrected chi connectivity index (χ3v) is 13.4. The maximum absolute atomic E-state index is 12.3. The van der Waals surface area contributed by atoms with Gasteiger partial charge in [0.1, 0.15) is 5.57 Å². The quantitative estimate of drug-likeness (QED) is 0.0364. The van der Waals surface area contributed by atoms with Crippen LogP contribution >= 0.6 is 0 Å². The number of allylic oxidation sites excluding steroid dienone is 2. The molecule has 0 N–H and O–H groups in total. The van der Waals surface area contributed by atoms with Gasteiger partial charge in [-0.1, -0.05) is 256 Å². The van der Waals surface area contributed by atoms with Crippen molar-refractivity contribution in [3.63, 3.8) is 0 Å². The Morgan fingerprint density at radius 3 is 1.15 bits per heavy atom. The first-order valence-corrected chi connectivity index (χ1v) is 27.3. The summed E-state index contributed by atoms with van der Waals surface area (Å²) in [7, 11) is 0. The molecule has 2 aromatic carbocycles. The molecule has 0 atom stereocenters. The van der Waals surface area contributed by atoms with Gasteiger partial charge in [0, 0.05) is 23.1 Å². The molecule has 1 aliphatic heterocycles. The van der Waals surface area contributed by atoms with Gasteiger partial charge in [0.25, 0.3) is 0 Å². The van der Waals surface area contributed by atoms with Crippen molar-refractivity contribution in [1.29, 1.82) is 0 Å².